The zero-order valence-corrected chi connectivity index (χ0v) is 12.3. The van der Waals surface area contributed by atoms with Crippen molar-refractivity contribution < 1.29 is 5.11 Å². The molecule has 0 radical (unpaired) electrons. The highest BCUT2D eigenvalue weighted by molar-refractivity contribution is 5.28. The fourth-order valence-corrected chi connectivity index (χ4v) is 1.78. The van der Waals surface area contributed by atoms with Gasteiger partial charge in [-0.3, -0.25) is 0 Å². The van der Waals surface area contributed by atoms with Crippen molar-refractivity contribution in [3.63, 3.8) is 0 Å². The SMILES string of the molecule is CCC(C)NCC(O)c1ccc(C(C)(C)C)cc1. The Hall–Kier alpha value is -0.860. The van der Waals surface area contributed by atoms with Crippen molar-refractivity contribution in [3.05, 3.63) is 35.4 Å². The zero-order chi connectivity index (χ0) is 13.8. The first-order valence-electron chi connectivity index (χ1n) is 6.86. The van der Waals surface area contributed by atoms with E-state index in [4.69, 9.17) is 0 Å². The van der Waals surface area contributed by atoms with E-state index >= 15 is 0 Å². The summed E-state index contributed by atoms with van der Waals surface area (Å²) in [6, 6.07) is 8.74. The number of hydrogen-bond acceptors (Lipinski definition) is 2. The second-order valence-electron chi connectivity index (χ2n) is 6.11. The summed E-state index contributed by atoms with van der Waals surface area (Å²) in [5.41, 5.74) is 2.45. The normalized spacial score (nSPS) is 15.4. The Morgan fingerprint density at radius 3 is 2.17 bits per heavy atom. The van der Waals surface area contributed by atoms with Crippen LogP contribution in [0, 0.1) is 0 Å². The summed E-state index contributed by atoms with van der Waals surface area (Å²) in [4.78, 5) is 0. The van der Waals surface area contributed by atoms with E-state index in [0.717, 1.165) is 12.0 Å². The van der Waals surface area contributed by atoms with Crippen molar-refractivity contribution in [2.75, 3.05) is 6.54 Å². The van der Waals surface area contributed by atoms with Gasteiger partial charge in [0.2, 0.25) is 0 Å². The minimum Gasteiger partial charge on any atom is -0.387 e. The highest BCUT2D eigenvalue weighted by Gasteiger charge is 2.14. The van der Waals surface area contributed by atoms with Crippen LogP contribution >= 0.6 is 0 Å². The van der Waals surface area contributed by atoms with Crippen molar-refractivity contribution in [1.29, 1.82) is 0 Å². The van der Waals surface area contributed by atoms with Gasteiger partial charge in [0.05, 0.1) is 6.10 Å². The maximum atomic E-state index is 10.1. The zero-order valence-electron chi connectivity index (χ0n) is 12.3. The van der Waals surface area contributed by atoms with Crippen LogP contribution in [0.15, 0.2) is 24.3 Å². The summed E-state index contributed by atoms with van der Waals surface area (Å²) >= 11 is 0. The first kappa shape index (κ1) is 15.2. The summed E-state index contributed by atoms with van der Waals surface area (Å²) in [5, 5.41) is 13.4. The van der Waals surface area contributed by atoms with Crippen molar-refractivity contribution in [2.24, 2.45) is 0 Å². The van der Waals surface area contributed by atoms with Gasteiger partial charge in [-0.25, -0.2) is 0 Å². The molecule has 0 aliphatic carbocycles. The number of hydrogen-bond donors (Lipinski definition) is 2. The molecule has 0 bridgehead atoms. The molecule has 2 unspecified atom stereocenters. The van der Waals surface area contributed by atoms with Crippen molar-refractivity contribution in [1.82, 2.24) is 5.32 Å². The molecular formula is C16H27NO. The molecule has 0 amide bonds. The van der Waals surface area contributed by atoms with Gasteiger partial charge in [-0.15, -0.1) is 0 Å². The molecule has 2 nitrogen and oxygen atoms in total. The summed E-state index contributed by atoms with van der Waals surface area (Å²) in [6.07, 6.45) is 0.656. The third-order valence-corrected chi connectivity index (χ3v) is 3.43. The molecule has 0 aliphatic rings. The van der Waals surface area contributed by atoms with Gasteiger partial charge in [-0.05, 0) is 29.9 Å². The van der Waals surface area contributed by atoms with Crippen molar-refractivity contribution >= 4 is 0 Å². The van der Waals surface area contributed by atoms with E-state index in [2.05, 4.69) is 52.1 Å². The van der Waals surface area contributed by atoms with Crippen LogP contribution in [0.25, 0.3) is 0 Å². The van der Waals surface area contributed by atoms with Crippen LogP contribution in [0.4, 0.5) is 0 Å². The number of aliphatic hydroxyl groups excluding tert-OH is 1. The van der Waals surface area contributed by atoms with Gasteiger partial charge in [0.15, 0.2) is 0 Å². The summed E-state index contributed by atoms with van der Waals surface area (Å²) < 4.78 is 0. The smallest absolute Gasteiger partial charge is 0.0914 e. The maximum Gasteiger partial charge on any atom is 0.0914 e. The Kier molecular flexibility index (Phi) is 5.36. The van der Waals surface area contributed by atoms with Crippen LogP contribution in [0.3, 0.4) is 0 Å². The highest BCUT2D eigenvalue weighted by Crippen LogP contribution is 2.23. The molecule has 1 rings (SSSR count). The molecule has 0 aromatic heterocycles. The summed E-state index contributed by atoms with van der Waals surface area (Å²) in [7, 11) is 0. The Morgan fingerprint density at radius 1 is 1.17 bits per heavy atom. The minimum absolute atomic E-state index is 0.165. The van der Waals surface area contributed by atoms with Crippen LogP contribution in [-0.4, -0.2) is 17.7 Å². The third kappa shape index (κ3) is 4.43. The molecule has 1 aromatic carbocycles. The number of nitrogens with one attached hydrogen (secondary N) is 1. The van der Waals surface area contributed by atoms with Gasteiger partial charge in [0.1, 0.15) is 0 Å². The Bertz CT molecular complexity index is 350. The van der Waals surface area contributed by atoms with E-state index in [1.165, 1.54) is 5.56 Å². The van der Waals surface area contributed by atoms with Gasteiger partial charge in [0.25, 0.3) is 0 Å². The van der Waals surface area contributed by atoms with Gasteiger partial charge < -0.3 is 10.4 Å². The van der Waals surface area contributed by atoms with Crippen LogP contribution in [0.1, 0.15) is 58.3 Å². The monoisotopic (exact) mass is 249 g/mol. The average Bonchev–Trinajstić information content (AvgIpc) is 2.34. The van der Waals surface area contributed by atoms with E-state index in [1.807, 2.05) is 12.1 Å². The molecule has 0 aliphatic heterocycles. The lowest BCUT2D eigenvalue weighted by Crippen LogP contribution is -2.29. The van der Waals surface area contributed by atoms with Crippen molar-refractivity contribution in [2.45, 2.75) is 58.6 Å². The largest absolute Gasteiger partial charge is 0.387 e. The van der Waals surface area contributed by atoms with Gasteiger partial charge in [-0.2, -0.15) is 0 Å². The number of benzene rings is 1. The van der Waals surface area contributed by atoms with Crippen LogP contribution < -0.4 is 5.32 Å². The topological polar surface area (TPSA) is 32.3 Å². The molecule has 102 valence electrons. The molecule has 0 heterocycles. The summed E-state index contributed by atoms with van der Waals surface area (Å²) in [5.74, 6) is 0. The fraction of sp³-hybridized carbons (Fsp3) is 0.625. The second-order valence-corrected chi connectivity index (χ2v) is 6.11. The molecule has 0 fully saturated rings. The van der Waals surface area contributed by atoms with E-state index in [1.54, 1.807) is 0 Å². The van der Waals surface area contributed by atoms with Crippen molar-refractivity contribution in [3.8, 4) is 0 Å². The van der Waals surface area contributed by atoms with Gasteiger partial charge in [0, 0.05) is 12.6 Å². The molecule has 2 heteroatoms. The van der Waals surface area contributed by atoms with E-state index in [0.29, 0.717) is 12.6 Å². The van der Waals surface area contributed by atoms with Crippen LogP contribution in [0.5, 0.6) is 0 Å². The second kappa shape index (κ2) is 6.35. The Labute approximate surface area is 111 Å². The number of rotatable bonds is 5. The Morgan fingerprint density at radius 2 is 1.72 bits per heavy atom. The minimum atomic E-state index is -0.423. The number of aliphatic hydroxyl groups is 1. The van der Waals surface area contributed by atoms with Gasteiger partial charge >= 0.3 is 0 Å². The van der Waals surface area contributed by atoms with E-state index < -0.39 is 6.10 Å². The predicted octanol–water partition coefficient (Wildman–Crippen LogP) is 3.41. The van der Waals surface area contributed by atoms with Crippen LogP contribution in [0.2, 0.25) is 0 Å². The fourth-order valence-electron chi connectivity index (χ4n) is 1.78. The average molecular weight is 249 g/mol. The van der Waals surface area contributed by atoms with Gasteiger partial charge in [-0.1, -0.05) is 52.0 Å². The quantitative estimate of drug-likeness (QED) is 0.838. The Balaban J connectivity index is 2.62. The maximum absolute atomic E-state index is 10.1. The first-order chi connectivity index (χ1) is 8.34. The molecular weight excluding hydrogens is 222 g/mol. The lowest BCUT2D eigenvalue weighted by Gasteiger charge is -2.20. The van der Waals surface area contributed by atoms with E-state index in [-0.39, 0.29) is 5.41 Å². The predicted molar refractivity (Wildman–Crippen MR) is 77.9 cm³/mol. The molecule has 0 saturated heterocycles. The standard InChI is InChI=1S/C16H27NO/c1-6-12(2)17-11-15(18)13-7-9-14(10-8-13)16(3,4)5/h7-10,12,15,17-18H,6,11H2,1-5H3. The molecule has 18 heavy (non-hydrogen) atoms. The molecule has 0 spiro atoms. The lowest BCUT2D eigenvalue weighted by atomic mass is 9.86. The molecule has 2 atom stereocenters. The van der Waals surface area contributed by atoms with E-state index in [9.17, 15) is 5.11 Å². The first-order valence-corrected chi connectivity index (χ1v) is 6.86. The molecule has 0 saturated carbocycles. The van der Waals surface area contributed by atoms with Crippen LogP contribution in [-0.2, 0) is 5.41 Å². The highest BCUT2D eigenvalue weighted by atomic mass is 16.3. The molecule has 2 N–H and O–H groups in total. The molecule has 1 aromatic rings. The summed E-state index contributed by atoms with van der Waals surface area (Å²) in [6.45, 7) is 11.5. The lowest BCUT2D eigenvalue weighted by molar-refractivity contribution is 0.170. The third-order valence-electron chi connectivity index (χ3n) is 3.43.